The first kappa shape index (κ1) is 22.4. The Hall–Kier alpha value is -1.75. The highest BCUT2D eigenvalue weighted by molar-refractivity contribution is 5.98. The van der Waals surface area contributed by atoms with Crippen molar-refractivity contribution >= 4 is 17.7 Å². The van der Waals surface area contributed by atoms with Crippen LogP contribution in [0.4, 0.5) is 0 Å². The summed E-state index contributed by atoms with van der Waals surface area (Å²) in [4.78, 5) is 43.2. The van der Waals surface area contributed by atoms with Gasteiger partial charge in [-0.1, -0.05) is 0 Å². The van der Waals surface area contributed by atoms with E-state index in [0.717, 1.165) is 19.6 Å². The van der Waals surface area contributed by atoms with E-state index in [0.29, 0.717) is 52.0 Å². The second kappa shape index (κ2) is 9.40. The molecular weight excluding hydrogens is 404 g/mol. The molecule has 0 aliphatic carbocycles. The van der Waals surface area contributed by atoms with Crippen LogP contribution < -0.4 is 10.6 Å². The fraction of sp³-hybridized carbons (Fsp3) is 0.857. The van der Waals surface area contributed by atoms with Gasteiger partial charge in [0.05, 0.1) is 31.2 Å². The van der Waals surface area contributed by atoms with E-state index in [-0.39, 0.29) is 30.4 Å². The number of rotatable bonds is 9. The molecule has 4 rings (SSSR count). The highest BCUT2D eigenvalue weighted by Gasteiger charge is 2.74. The number of nitrogens with one attached hydrogen (secondary N) is 2. The Morgan fingerprint density at radius 1 is 1.19 bits per heavy atom. The molecule has 3 N–H and O–H groups in total. The van der Waals surface area contributed by atoms with E-state index >= 15 is 0 Å². The number of carbonyl (C=O) groups excluding carboxylic acids is 3. The summed E-state index contributed by atoms with van der Waals surface area (Å²) in [7, 11) is 1.56. The first-order valence-corrected chi connectivity index (χ1v) is 11.4. The third-order valence-electron chi connectivity index (χ3n) is 7.24. The van der Waals surface area contributed by atoms with Crippen molar-refractivity contribution in [3.63, 3.8) is 0 Å². The smallest absolute Gasteiger partial charge is 0.245 e. The molecule has 174 valence electrons. The molecule has 5 atom stereocenters. The molecule has 0 radical (unpaired) electrons. The summed E-state index contributed by atoms with van der Waals surface area (Å²) in [6.45, 7) is 4.69. The van der Waals surface area contributed by atoms with Crippen molar-refractivity contribution in [3.05, 3.63) is 0 Å². The maximum atomic E-state index is 13.4. The summed E-state index contributed by atoms with van der Waals surface area (Å²) in [5.41, 5.74) is -0.943. The first-order valence-electron chi connectivity index (χ1n) is 11.4. The fourth-order valence-corrected chi connectivity index (χ4v) is 5.81. The van der Waals surface area contributed by atoms with Crippen LogP contribution in [0.3, 0.4) is 0 Å². The standard InChI is InChI=1S/C21H34N4O6/c1-22-18(27)15-14-4-5-21(31-14)16(15)20(29)25(7-2-3-11-26)17(21)19(28)23-6-8-24-9-12-30-13-10-24/h14-17,26H,2-13H2,1H3,(H,22,27)(H,23,28)/t14-,15+,16+,17?,21?/m1/s1. The molecule has 2 unspecified atom stereocenters. The fourth-order valence-electron chi connectivity index (χ4n) is 5.81. The van der Waals surface area contributed by atoms with E-state index in [1.54, 1.807) is 11.9 Å². The lowest BCUT2D eigenvalue weighted by Crippen LogP contribution is -2.56. The normalized spacial score (nSPS) is 34.8. The first-order chi connectivity index (χ1) is 15.0. The lowest BCUT2D eigenvalue weighted by molar-refractivity contribution is -0.142. The van der Waals surface area contributed by atoms with Gasteiger partial charge in [-0.3, -0.25) is 19.3 Å². The van der Waals surface area contributed by atoms with Gasteiger partial charge in [-0.05, 0) is 25.7 Å². The predicted molar refractivity (Wildman–Crippen MR) is 110 cm³/mol. The van der Waals surface area contributed by atoms with Crippen LogP contribution in [0.2, 0.25) is 0 Å². The quantitative estimate of drug-likeness (QED) is 0.368. The number of amides is 3. The zero-order valence-electron chi connectivity index (χ0n) is 18.2. The zero-order chi connectivity index (χ0) is 22.0. The molecule has 0 aromatic rings. The molecule has 2 bridgehead atoms. The number of nitrogens with zero attached hydrogens (tertiary/aromatic N) is 2. The number of unbranched alkanes of at least 4 members (excludes halogenated alkanes) is 1. The monoisotopic (exact) mass is 438 g/mol. The second-order valence-corrected chi connectivity index (χ2v) is 8.88. The topological polar surface area (TPSA) is 120 Å². The van der Waals surface area contributed by atoms with Gasteiger partial charge in [-0.15, -0.1) is 0 Å². The largest absolute Gasteiger partial charge is 0.396 e. The SMILES string of the molecule is CNC(=O)[C@@H]1[C@H]2C(=O)N(CCCCO)C(C(=O)NCCN3CCOCC3)C23CC[C@H]1O3. The van der Waals surface area contributed by atoms with Gasteiger partial charge in [-0.25, -0.2) is 0 Å². The van der Waals surface area contributed by atoms with E-state index in [1.165, 1.54) is 0 Å². The van der Waals surface area contributed by atoms with Crippen LogP contribution in [-0.4, -0.2) is 110 Å². The van der Waals surface area contributed by atoms with Crippen LogP contribution in [0, 0.1) is 11.8 Å². The molecular formula is C21H34N4O6. The van der Waals surface area contributed by atoms with E-state index in [9.17, 15) is 14.4 Å². The van der Waals surface area contributed by atoms with Gasteiger partial charge in [0.2, 0.25) is 17.7 Å². The lowest BCUT2D eigenvalue weighted by Gasteiger charge is -2.34. The maximum absolute atomic E-state index is 13.4. The van der Waals surface area contributed by atoms with Crippen molar-refractivity contribution in [1.82, 2.24) is 20.4 Å². The van der Waals surface area contributed by atoms with Gasteiger partial charge in [0.1, 0.15) is 11.6 Å². The van der Waals surface area contributed by atoms with Crippen molar-refractivity contribution in [3.8, 4) is 0 Å². The highest BCUT2D eigenvalue weighted by atomic mass is 16.5. The number of hydrogen-bond acceptors (Lipinski definition) is 7. The van der Waals surface area contributed by atoms with Crippen molar-refractivity contribution in [2.24, 2.45) is 11.8 Å². The molecule has 3 amide bonds. The molecule has 4 heterocycles. The second-order valence-electron chi connectivity index (χ2n) is 8.88. The van der Waals surface area contributed by atoms with Crippen LogP contribution in [-0.2, 0) is 23.9 Å². The maximum Gasteiger partial charge on any atom is 0.245 e. The summed E-state index contributed by atoms with van der Waals surface area (Å²) in [5.74, 6) is -1.78. The Morgan fingerprint density at radius 2 is 1.97 bits per heavy atom. The van der Waals surface area contributed by atoms with Crippen molar-refractivity contribution in [1.29, 1.82) is 0 Å². The Bertz CT molecular complexity index is 699. The molecule has 0 aromatic carbocycles. The molecule has 4 aliphatic rings. The molecule has 0 saturated carbocycles. The summed E-state index contributed by atoms with van der Waals surface area (Å²) in [6, 6.07) is -0.743. The predicted octanol–water partition coefficient (Wildman–Crippen LogP) is -1.67. The number of morpholine rings is 1. The Morgan fingerprint density at radius 3 is 2.68 bits per heavy atom. The van der Waals surface area contributed by atoms with E-state index in [1.807, 2.05) is 0 Å². The van der Waals surface area contributed by atoms with Crippen molar-refractivity contribution in [2.75, 3.05) is 59.6 Å². The number of aliphatic hydroxyl groups is 1. The van der Waals surface area contributed by atoms with Gasteiger partial charge in [-0.2, -0.15) is 0 Å². The Labute approximate surface area is 182 Å². The molecule has 10 heteroatoms. The van der Waals surface area contributed by atoms with Crippen LogP contribution >= 0.6 is 0 Å². The third kappa shape index (κ3) is 3.94. The summed E-state index contributed by atoms with van der Waals surface area (Å²) < 4.78 is 11.7. The average molecular weight is 439 g/mol. The van der Waals surface area contributed by atoms with Gasteiger partial charge >= 0.3 is 0 Å². The number of likely N-dealkylation sites (tertiary alicyclic amines) is 1. The van der Waals surface area contributed by atoms with E-state index < -0.39 is 23.5 Å². The minimum absolute atomic E-state index is 0.0342. The summed E-state index contributed by atoms with van der Waals surface area (Å²) >= 11 is 0. The van der Waals surface area contributed by atoms with Gasteiger partial charge < -0.3 is 30.1 Å². The number of ether oxygens (including phenoxy) is 2. The Kier molecular flexibility index (Phi) is 6.80. The molecule has 0 aromatic heterocycles. The zero-order valence-corrected chi connectivity index (χ0v) is 18.2. The molecule has 31 heavy (non-hydrogen) atoms. The number of hydrogen-bond donors (Lipinski definition) is 3. The van der Waals surface area contributed by atoms with Crippen LogP contribution in [0.1, 0.15) is 25.7 Å². The van der Waals surface area contributed by atoms with Crippen molar-refractivity contribution < 1.29 is 29.0 Å². The van der Waals surface area contributed by atoms with Gasteiger partial charge in [0.25, 0.3) is 0 Å². The number of carbonyl (C=O) groups is 3. The third-order valence-corrected chi connectivity index (χ3v) is 7.24. The highest BCUT2D eigenvalue weighted by Crippen LogP contribution is 2.58. The summed E-state index contributed by atoms with van der Waals surface area (Å²) in [6.07, 6.45) is 2.09. The van der Waals surface area contributed by atoms with E-state index in [2.05, 4.69) is 15.5 Å². The van der Waals surface area contributed by atoms with Gasteiger partial charge in [0, 0.05) is 46.4 Å². The minimum atomic E-state index is -0.943. The molecule has 4 aliphatic heterocycles. The van der Waals surface area contributed by atoms with Crippen LogP contribution in [0.5, 0.6) is 0 Å². The number of aliphatic hydroxyl groups excluding tert-OH is 1. The van der Waals surface area contributed by atoms with Crippen LogP contribution in [0.25, 0.3) is 0 Å². The Balaban J connectivity index is 1.50. The number of fused-ring (bicyclic) bond motifs is 1. The van der Waals surface area contributed by atoms with E-state index in [4.69, 9.17) is 14.6 Å². The van der Waals surface area contributed by atoms with Crippen LogP contribution in [0.15, 0.2) is 0 Å². The van der Waals surface area contributed by atoms with Gasteiger partial charge in [0.15, 0.2) is 0 Å². The molecule has 4 saturated heterocycles. The average Bonchev–Trinajstić information content (AvgIpc) is 3.42. The van der Waals surface area contributed by atoms with Crippen molar-refractivity contribution in [2.45, 2.75) is 43.4 Å². The molecule has 4 fully saturated rings. The lowest BCUT2D eigenvalue weighted by atomic mass is 9.70. The minimum Gasteiger partial charge on any atom is -0.396 e. The summed E-state index contributed by atoms with van der Waals surface area (Å²) in [5, 5.41) is 14.8. The molecule has 10 nitrogen and oxygen atoms in total. The molecule has 1 spiro atoms.